The molecule has 5 heteroatoms. The van der Waals surface area contributed by atoms with Crippen LogP contribution in [0.25, 0.3) is 10.8 Å². The number of carbonyl (C=O) groups is 1. The van der Waals surface area contributed by atoms with E-state index in [4.69, 9.17) is 0 Å². The van der Waals surface area contributed by atoms with Gasteiger partial charge in [-0.2, -0.15) is 0 Å². The first kappa shape index (κ1) is 19.2. The predicted octanol–water partition coefficient (Wildman–Crippen LogP) is 2.80. The van der Waals surface area contributed by atoms with Crippen LogP contribution in [0.3, 0.4) is 0 Å². The Labute approximate surface area is 161 Å². The zero-order valence-electron chi connectivity index (χ0n) is 16.5. The second-order valence-electron chi connectivity index (χ2n) is 7.46. The molecule has 2 N–H and O–H groups in total. The summed E-state index contributed by atoms with van der Waals surface area (Å²) < 4.78 is 0. The molecule has 1 amide bonds. The standard InChI is InChI=1S/C22H30N4O/c1-16(2)21(27)26-14-12-19(15-26)25-22(23-3)24-13-11-18-9-6-8-17-7-4-5-10-20(17)18/h4-10,16,19H,11-15H2,1-3H3,(H2,23,24,25). The SMILES string of the molecule is CN=C(NCCc1cccc2ccccc12)NC1CCN(C(=O)C(C)C)C1. The van der Waals surface area contributed by atoms with Crippen molar-refractivity contribution < 1.29 is 4.79 Å². The molecule has 2 aromatic rings. The number of amides is 1. The molecule has 1 aliphatic rings. The van der Waals surface area contributed by atoms with Crippen molar-refractivity contribution in [3.63, 3.8) is 0 Å². The normalized spacial score (nSPS) is 17.6. The summed E-state index contributed by atoms with van der Waals surface area (Å²) in [7, 11) is 1.79. The van der Waals surface area contributed by atoms with E-state index in [-0.39, 0.29) is 17.9 Å². The number of guanidine groups is 1. The van der Waals surface area contributed by atoms with Crippen molar-refractivity contribution in [3.05, 3.63) is 48.0 Å². The van der Waals surface area contributed by atoms with Gasteiger partial charge in [-0.25, -0.2) is 0 Å². The van der Waals surface area contributed by atoms with Crippen LogP contribution < -0.4 is 10.6 Å². The van der Waals surface area contributed by atoms with Crippen LogP contribution in [0.4, 0.5) is 0 Å². The Kier molecular flexibility index (Phi) is 6.32. The Bertz CT molecular complexity index is 810. The summed E-state index contributed by atoms with van der Waals surface area (Å²) in [6.45, 7) is 6.30. The average molecular weight is 367 g/mol. The van der Waals surface area contributed by atoms with Crippen molar-refractivity contribution in [3.8, 4) is 0 Å². The maximum absolute atomic E-state index is 12.1. The number of fused-ring (bicyclic) bond motifs is 1. The summed E-state index contributed by atoms with van der Waals surface area (Å²) in [5.41, 5.74) is 1.34. The minimum atomic E-state index is 0.0573. The van der Waals surface area contributed by atoms with Gasteiger partial charge < -0.3 is 15.5 Å². The average Bonchev–Trinajstić information content (AvgIpc) is 3.15. The lowest BCUT2D eigenvalue weighted by molar-refractivity contribution is -0.133. The Morgan fingerprint density at radius 1 is 1.22 bits per heavy atom. The van der Waals surface area contributed by atoms with E-state index in [1.54, 1.807) is 7.05 Å². The van der Waals surface area contributed by atoms with E-state index in [2.05, 4.69) is 58.1 Å². The van der Waals surface area contributed by atoms with Crippen LogP contribution in [0.15, 0.2) is 47.5 Å². The highest BCUT2D eigenvalue weighted by Crippen LogP contribution is 2.18. The fourth-order valence-electron chi connectivity index (χ4n) is 3.66. The fraction of sp³-hybridized carbons (Fsp3) is 0.455. The molecule has 144 valence electrons. The molecule has 0 radical (unpaired) electrons. The molecule has 1 unspecified atom stereocenters. The van der Waals surface area contributed by atoms with E-state index >= 15 is 0 Å². The number of nitrogens with one attached hydrogen (secondary N) is 2. The number of aliphatic imine (C=N–C) groups is 1. The van der Waals surface area contributed by atoms with Crippen molar-refractivity contribution >= 4 is 22.6 Å². The molecule has 3 rings (SSSR count). The van der Waals surface area contributed by atoms with Gasteiger partial charge >= 0.3 is 0 Å². The maximum atomic E-state index is 12.1. The molecule has 1 aliphatic heterocycles. The quantitative estimate of drug-likeness (QED) is 0.632. The lowest BCUT2D eigenvalue weighted by atomic mass is 10.0. The van der Waals surface area contributed by atoms with Crippen LogP contribution in [0.2, 0.25) is 0 Å². The first-order chi connectivity index (χ1) is 13.1. The number of rotatable bonds is 5. The van der Waals surface area contributed by atoms with Crippen molar-refractivity contribution in [2.45, 2.75) is 32.7 Å². The summed E-state index contributed by atoms with van der Waals surface area (Å²) >= 11 is 0. The minimum Gasteiger partial charge on any atom is -0.356 e. The smallest absolute Gasteiger partial charge is 0.225 e. The van der Waals surface area contributed by atoms with Crippen molar-refractivity contribution in [2.24, 2.45) is 10.9 Å². The van der Waals surface area contributed by atoms with Gasteiger partial charge in [0.15, 0.2) is 5.96 Å². The molecule has 5 nitrogen and oxygen atoms in total. The highest BCUT2D eigenvalue weighted by Gasteiger charge is 2.27. The van der Waals surface area contributed by atoms with Gasteiger partial charge in [0.05, 0.1) is 0 Å². The molecule has 0 aliphatic carbocycles. The Morgan fingerprint density at radius 3 is 2.78 bits per heavy atom. The molecule has 1 heterocycles. The molecule has 1 saturated heterocycles. The van der Waals surface area contributed by atoms with E-state index in [0.717, 1.165) is 38.4 Å². The van der Waals surface area contributed by atoms with Crippen LogP contribution >= 0.6 is 0 Å². The van der Waals surface area contributed by atoms with Crippen LogP contribution in [0, 0.1) is 5.92 Å². The van der Waals surface area contributed by atoms with Gasteiger partial charge in [-0.1, -0.05) is 56.3 Å². The van der Waals surface area contributed by atoms with Gasteiger partial charge in [-0.05, 0) is 29.2 Å². The van der Waals surface area contributed by atoms with Gasteiger partial charge in [0, 0.05) is 38.6 Å². The molecule has 27 heavy (non-hydrogen) atoms. The lowest BCUT2D eigenvalue weighted by Gasteiger charge is -2.20. The Hall–Kier alpha value is -2.56. The van der Waals surface area contributed by atoms with E-state index in [0.29, 0.717) is 0 Å². The maximum Gasteiger partial charge on any atom is 0.225 e. The number of hydrogen-bond donors (Lipinski definition) is 2. The van der Waals surface area contributed by atoms with Gasteiger partial charge in [-0.3, -0.25) is 9.79 Å². The minimum absolute atomic E-state index is 0.0573. The number of benzene rings is 2. The topological polar surface area (TPSA) is 56.7 Å². The monoisotopic (exact) mass is 366 g/mol. The zero-order valence-corrected chi connectivity index (χ0v) is 16.5. The predicted molar refractivity (Wildman–Crippen MR) is 112 cm³/mol. The number of likely N-dealkylation sites (tertiary alicyclic amines) is 1. The highest BCUT2D eigenvalue weighted by atomic mass is 16.2. The first-order valence-electron chi connectivity index (χ1n) is 9.81. The fourth-order valence-corrected chi connectivity index (χ4v) is 3.66. The van der Waals surface area contributed by atoms with Gasteiger partial charge in [0.25, 0.3) is 0 Å². The molecule has 1 fully saturated rings. The van der Waals surface area contributed by atoms with Crippen LogP contribution in [-0.4, -0.2) is 49.5 Å². The second-order valence-corrected chi connectivity index (χ2v) is 7.46. The number of hydrogen-bond acceptors (Lipinski definition) is 2. The summed E-state index contributed by atoms with van der Waals surface area (Å²) in [5, 5.41) is 9.45. The Balaban J connectivity index is 1.51. The van der Waals surface area contributed by atoms with Crippen molar-refractivity contribution in [2.75, 3.05) is 26.7 Å². The Morgan fingerprint density at radius 2 is 2.00 bits per heavy atom. The molecule has 2 aromatic carbocycles. The van der Waals surface area contributed by atoms with Gasteiger partial charge in [0.1, 0.15) is 0 Å². The molecule has 1 atom stereocenters. The van der Waals surface area contributed by atoms with E-state index in [1.807, 2.05) is 18.7 Å². The summed E-state index contributed by atoms with van der Waals surface area (Å²) in [4.78, 5) is 18.4. The molecule has 0 aromatic heterocycles. The lowest BCUT2D eigenvalue weighted by Crippen LogP contribution is -2.45. The van der Waals surface area contributed by atoms with Crippen molar-refractivity contribution in [1.82, 2.24) is 15.5 Å². The molecule has 0 saturated carbocycles. The summed E-state index contributed by atoms with van der Waals surface area (Å²) in [6.07, 6.45) is 1.90. The first-order valence-corrected chi connectivity index (χ1v) is 9.81. The van der Waals surface area contributed by atoms with Crippen LogP contribution in [-0.2, 0) is 11.2 Å². The van der Waals surface area contributed by atoms with Crippen LogP contribution in [0.1, 0.15) is 25.8 Å². The third-order valence-corrected chi connectivity index (χ3v) is 5.12. The largest absolute Gasteiger partial charge is 0.356 e. The molecular weight excluding hydrogens is 336 g/mol. The van der Waals surface area contributed by atoms with E-state index in [9.17, 15) is 4.79 Å². The third-order valence-electron chi connectivity index (χ3n) is 5.12. The summed E-state index contributed by atoms with van der Waals surface area (Å²) in [6, 6.07) is 15.2. The van der Waals surface area contributed by atoms with Gasteiger partial charge in [0.2, 0.25) is 5.91 Å². The van der Waals surface area contributed by atoms with Gasteiger partial charge in [-0.15, -0.1) is 0 Å². The molecule has 0 spiro atoms. The van der Waals surface area contributed by atoms with Crippen molar-refractivity contribution in [1.29, 1.82) is 0 Å². The van der Waals surface area contributed by atoms with E-state index < -0.39 is 0 Å². The molecular formula is C22H30N4O. The highest BCUT2D eigenvalue weighted by molar-refractivity contribution is 5.86. The second kappa shape index (κ2) is 8.89. The summed E-state index contributed by atoms with van der Waals surface area (Å²) in [5.74, 6) is 1.10. The van der Waals surface area contributed by atoms with E-state index in [1.165, 1.54) is 16.3 Å². The third kappa shape index (κ3) is 4.79. The molecule has 0 bridgehead atoms. The van der Waals surface area contributed by atoms with Crippen LogP contribution in [0.5, 0.6) is 0 Å². The number of nitrogens with zero attached hydrogens (tertiary/aromatic N) is 2. The number of carbonyl (C=O) groups excluding carboxylic acids is 1. The zero-order chi connectivity index (χ0) is 19.2.